The van der Waals surface area contributed by atoms with E-state index in [0.29, 0.717) is 99.1 Å². The smallest absolute Gasteiger partial charge is 0.0701 e. The van der Waals surface area contributed by atoms with Gasteiger partial charge in [0.05, 0.1) is 99.1 Å². The highest BCUT2D eigenvalue weighted by molar-refractivity contribution is 4.38. The third kappa shape index (κ3) is 27.6. The SMILES string of the molecule is CCCOCCOCCOCCOCCOCCOCCOCCOCCNC. The van der Waals surface area contributed by atoms with Crippen molar-refractivity contribution in [2.75, 3.05) is 119 Å². The first-order valence-corrected chi connectivity index (χ1v) is 10.7. The number of hydrogen-bond donors (Lipinski definition) is 1. The second-order valence-corrected chi connectivity index (χ2v) is 6.00. The lowest BCUT2D eigenvalue weighted by Crippen LogP contribution is -2.17. The molecule has 0 aliphatic rings. The van der Waals surface area contributed by atoms with Crippen molar-refractivity contribution in [1.29, 1.82) is 0 Å². The minimum Gasteiger partial charge on any atom is -0.379 e. The van der Waals surface area contributed by atoms with Gasteiger partial charge in [-0.05, 0) is 13.5 Å². The van der Waals surface area contributed by atoms with Gasteiger partial charge >= 0.3 is 0 Å². The molecule has 0 unspecified atom stereocenters. The lowest BCUT2D eigenvalue weighted by Gasteiger charge is -2.08. The predicted molar refractivity (Wildman–Crippen MR) is 111 cm³/mol. The Morgan fingerprint density at radius 3 is 0.862 bits per heavy atom. The molecule has 0 aromatic rings. The highest BCUT2D eigenvalue weighted by atomic mass is 16.6. The molecule has 9 nitrogen and oxygen atoms in total. The van der Waals surface area contributed by atoms with Crippen molar-refractivity contribution >= 4 is 0 Å². The van der Waals surface area contributed by atoms with Crippen LogP contribution in [-0.2, 0) is 37.9 Å². The molecular formula is C20H43NO8. The van der Waals surface area contributed by atoms with E-state index in [9.17, 15) is 0 Å². The highest BCUT2D eigenvalue weighted by Gasteiger charge is 1.95. The van der Waals surface area contributed by atoms with Crippen molar-refractivity contribution in [2.45, 2.75) is 13.3 Å². The lowest BCUT2D eigenvalue weighted by atomic mass is 10.5. The van der Waals surface area contributed by atoms with Gasteiger partial charge in [0, 0.05) is 13.2 Å². The molecule has 0 rings (SSSR count). The summed E-state index contributed by atoms with van der Waals surface area (Å²) < 4.78 is 43.1. The molecule has 0 amide bonds. The van der Waals surface area contributed by atoms with E-state index in [2.05, 4.69) is 12.2 Å². The monoisotopic (exact) mass is 425 g/mol. The van der Waals surface area contributed by atoms with E-state index >= 15 is 0 Å². The van der Waals surface area contributed by atoms with Gasteiger partial charge in [-0.25, -0.2) is 0 Å². The van der Waals surface area contributed by atoms with Crippen LogP contribution in [0.25, 0.3) is 0 Å². The molecule has 176 valence electrons. The van der Waals surface area contributed by atoms with Gasteiger partial charge in [0.15, 0.2) is 0 Å². The average molecular weight is 426 g/mol. The fourth-order valence-electron chi connectivity index (χ4n) is 1.96. The second-order valence-electron chi connectivity index (χ2n) is 6.00. The Hall–Kier alpha value is -0.360. The van der Waals surface area contributed by atoms with Crippen molar-refractivity contribution in [3.05, 3.63) is 0 Å². The zero-order valence-electron chi connectivity index (χ0n) is 18.5. The van der Waals surface area contributed by atoms with Crippen LogP contribution < -0.4 is 5.32 Å². The van der Waals surface area contributed by atoms with Crippen LogP contribution >= 0.6 is 0 Å². The van der Waals surface area contributed by atoms with Crippen molar-refractivity contribution in [3.8, 4) is 0 Å². The molecule has 0 saturated heterocycles. The number of hydrogen-bond acceptors (Lipinski definition) is 9. The second kappa shape index (κ2) is 27.6. The van der Waals surface area contributed by atoms with Crippen LogP contribution in [0.1, 0.15) is 13.3 Å². The molecule has 0 spiro atoms. The van der Waals surface area contributed by atoms with E-state index in [1.54, 1.807) is 0 Å². The highest BCUT2D eigenvalue weighted by Crippen LogP contribution is 1.86. The summed E-state index contributed by atoms with van der Waals surface area (Å²) in [6.07, 6.45) is 1.03. The Morgan fingerprint density at radius 2 is 0.621 bits per heavy atom. The van der Waals surface area contributed by atoms with Gasteiger partial charge in [0.2, 0.25) is 0 Å². The first kappa shape index (κ1) is 28.6. The van der Waals surface area contributed by atoms with Crippen molar-refractivity contribution in [1.82, 2.24) is 5.32 Å². The van der Waals surface area contributed by atoms with Gasteiger partial charge in [0.1, 0.15) is 0 Å². The van der Waals surface area contributed by atoms with Gasteiger partial charge in [-0.2, -0.15) is 0 Å². The van der Waals surface area contributed by atoms with E-state index in [1.807, 2.05) is 7.05 Å². The zero-order chi connectivity index (χ0) is 21.1. The molecule has 9 heteroatoms. The fourth-order valence-corrected chi connectivity index (χ4v) is 1.96. The molecule has 29 heavy (non-hydrogen) atoms. The van der Waals surface area contributed by atoms with E-state index in [1.165, 1.54) is 0 Å². The first-order chi connectivity index (χ1) is 14.4. The lowest BCUT2D eigenvalue weighted by molar-refractivity contribution is -0.0230. The minimum absolute atomic E-state index is 0.546. The molecule has 0 aliphatic heterocycles. The molecule has 0 atom stereocenters. The summed E-state index contributed by atoms with van der Waals surface area (Å²) in [6.45, 7) is 12.4. The Morgan fingerprint density at radius 1 is 0.379 bits per heavy atom. The number of rotatable bonds is 26. The van der Waals surface area contributed by atoms with Crippen molar-refractivity contribution < 1.29 is 37.9 Å². The summed E-state index contributed by atoms with van der Waals surface area (Å²) in [7, 11) is 1.90. The molecule has 0 fully saturated rings. The van der Waals surface area contributed by atoms with Crippen molar-refractivity contribution in [3.63, 3.8) is 0 Å². The van der Waals surface area contributed by atoms with Crippen LogP contribution in [0.4, 0.5) is 0 Å². The van der Waals surface area contributed by atoms with Crippen LogP contribution in [0.2, 0.25) is 0 Å². The molecule has 0 heterocycles. The molecule has 0 bridgehead atoms. The van der Waals surface area contributed by atoms with Gasteiger partial charge < -0.3 is 43.2 Å². The maximum absolute atomic E-state index is 5.43. The Balaban J connectivity index is 2.97. The maximum atomic E-state index is 5.43. The topological polar surface area (TPSA) is 85.9 Å². The Bertz CT molecular complexity index is 261. The van der Waals surface area contributed by atoms with Gasteiger partial charge in [-0.3, -0.25) is 0 Å². The first-order valence-electron chi connectivity index (χ1n) is 10.7. The summed E-state index contributed by atoms with van der Waals surface area (Å²) in [5, 5.41) is 3.02. The molecule has 0 saturated carbocycles. The molecule has 1 N–H and O–H groups in total. The average Bonchev–Trinajstić information content (AvgIpc) is 2.74. The molecule has 0 aromatic heterocycles. The quantitative estimate of drug-likeness (QED) is 0.202. The largest absolute Gasteiger partial charge is 0.379 e. The van der Waals surface area contributed by atoms with Crippen LogP contribution in [0, 0.1) is 0 Å². The van der Waals surface area contributed by atoms with Gasteiger partial charge in [0.25, 0.3) is 0 Å². The normalized spacial score (nSPS) is 11.4. The van der Waals surface area contributed by atoms with Crippen LogP contribution in [0.5, 0.6) is 0 Å². The fraction of sp³-hybridized carbons (Fsp3) is 1.00. The number of ether oxygens (including phenoxy) is 8. The van der Waals surface area contributed by atoms with E-state index in [0.717, 1.165) is 19.6 Å². The summed E-state index contributed by atoms with van der Waals surface area (Å²) in [4.78, 5) is 0. The molecular weight excluding hydrogens is 382 g/mol. The summed E-state index contributed by atoms with van der Waals surface area (Å²) in [5.41, 5.74) is 0. The van der Waals surface area contributed by atoms with Gasteiger partial charge in [-0.1, -0.05) is 6.92 Å². The minimum atomic E-state index is 0.546. The molecule has 0 aliphatic carbocycles. The van der Waals surface area contributed by atoms with Gasteiger partial charge in [-0.15, -0.1) is 0 Å². The van der Waals surface area contributed by atoms with Crippen LogP contribution in [-0.4, -0.2) is 119 Å². The van der Waals surface area contributed by atoms with Crippen LogP contribution in [0.3, 0.4) is 0 Å². The van der Waals surface area contributed by atoms with E-state index in [4.69, 9.17) is 37.9 Å². The third-order valence-corrected chi connectivity index (χ3v) is 3.45. The molecule has 0 aromatic carbocycles. The zero-order valence-corrected chi connectivity index (χ0v) is 18.5. The summed E-state index contributed by atoms with van der Waals surface area (Å²) >= 11 is 0. The predicted octanol–water partition coefficient (Wildman–Crippen LogP) is 0.749. The molecule has 0 radical (unpaired) electrons. The standard InChI is InChI=1S/C20H43NO8/c1-3-5-22-7-9-24-11-13-26-15-17-28-19-20-29-18-16-27-14-12-25-10-8-23-6-4-21-2/h21H,3-20H2,1-2H3. The maximum Gasteiger partial charge on any atom is 0.0701 e. The summed E-state index contributed by atoms with van der Waals surface area (Å²) in [5.74, 6) is 0. The Labute approximate surface area is 176 Å². The van der Waals surface area contributed by atoms with E-state index in [-0.39, 0.29) is 0 Å². The van der Waals surface area contributed by atoms with E-state index < -0.39 is 0 Å². The number of nitrogens with one attached hydrogen (secondary N) is 1. The van der Waals surface area contributed by atoms with Crippen LogP contribution in [0.15, 0.2) is 0 Å². The Kier molecular flexibility index (Phi) is 27.3. The van der Waals surface area contributed by atoms with Crippen molar-refractivity contribution in [2.24, 2.45) is 0 Å². The third-order valence-electron chi connectivity index (χ3n) is 3.45. The number of likely N-dealkylation sites (N-methyl/N-ethyl adjacent to an activating group) is 1. The summed E-state index contributed by atoms with van der Waals surface area (Å²) in [6, 6.07) is 0.